The number of para-hydroxylation sites is 1. The molecule has 3 aromatic rings. The number of esters is 1. The predicted octanol–water partition coefficient (Wildman–Crippen LogP) is 4.51. The number of ether oxygens (including phenoxy) is 1. The number of hydrogen-bond donors (Lipinski definition) is 1. The molecular weight excluding hydrogens is 389 g/mol. The van der Waals surface area contributed by atoms with E-state index in [2.05, 4.69) is 15.3 Å². The summed E-state index contributed by atoms with van der Waals surface area (Å²) in [5, 5.41) is 3.36. The molecule has 27 heavy (non-hydrogen) atoms. The second kappa shape index (κ2) is 8.33. The first-order valence-electron chi connectivity index (χ1n) is 8.16. The molecule has 0 aliphatic carbocycles. The van der Waals surface area contributed by atoms with Gasteiger partial charge in [0.25, 0.3) is 5.91 Å². The molecule has 2 aromatic carbocycles. The smallest absolute Gasteiger partial charge is 0.341 e. The van der Waals surface area contributed by atoms with E-state index in [1.54, 1.807) is 37.3 Å². The topological polar surface area (TPSA) is 81.2 Å². The number of fused-ring (bicyclic) bond motifs is 1. The molecule has 1 unspecified atom stereocenters. The van der Waals surface area contributed by atoms with E-state index in [4.69, 9.17) is 27.9 Å². The molecule has 6 nitrogen and oxygen atoms in total. The molecule has 1 atom stereocenters. The van der Waals surface area contributed by atoms with E-state index in [1.165, 1.54) is 18.5 Å². The van der Waals surface area contributed by atoms with E-state index in [0.717, 1.165) is 0 Å². The third-order valence-electron chi connectivity index (χ3n) is 3.82. The lowest BCUT2D eigenvalue weighted by Crippen LogP contribution is -2.32. The van der Waals surface area contributed by atoms with Gasteiger partial charge in [0, 0.05) is 18.1 Å². The SMILES string of the molecule is CCC(OC(=O)c1cccc2nccnc12)C(=O)Nc1ccc(Cl)c(Cl)c1. The molecular formula is C19H15Cl2N3O3. The van der Waals surface area contributed by atoms with Gasteiger partial charge in [-0.2, -0.15) is 0 Å². The second-order valence-electron chi connectivity index (χ2n) is 5.65. The minimum Gasteiger partial charge on any atom is -0.449 e. The van der Waals surface area contributed by atoms with Gasteiger partial charge in [0.1, 0.15) is 5.52 Å². The number of carbonyl (C=O) groups is 2. The Bertz CT molecular complexity index is 1010. The quantitative estimate of drug-likeness (QED) is 0.633. The third-order valence-corrected chi connectivity index (χ3v) is 4.56. The van der Waals surface area contributed by atoms with Gasteiger partial charge in [0.2, 0.25) is 0 Å². The number of anilines is 1. The lowest BCUT2D eigenvalue weighted by molar-refractivity contribution is -0.124. The second-order valence-corrected chi connectivity index (χ2v) is 6.46. The molecule has 0 saturated carbocycles. The minimum absolute atomic E-state index is 0.251. The number of amides is 1. The van der Waals surface area contributed by atoms with E-state index in [1.807, 2.05) is 0 Å². The van der Waals surface area contributed by atoms with Crippen LogP contribution in [0.4, 0.5) is 5.69 Å². The Morgan fingerprint density at radius 1 is 1.11 bits per heavy atom. The first kappa shape index (κ1) is 19.1. The van der Waals surface area contributed by atoms with Gasteiger partial charge in [0.05, 0.1) is 21.1 Å². The van der Waals surface area contributed by atoms with Crippen molar-refractivity contribution < 1.29 is 14.3 Å². The van der Waals surface area contributed by atoms with Crippen molar-refractivity contribution in [1.29, 1.82) is 0 Å². The monoisotopic (exact) mass is 403 g/mol. The highest BCUT2D eigenvalue weighted by Gasteiger charge is 2.23. The number of nitrogens with zero attached hydrogens (tertiary/aromatic N) is 2. The van der Waals surface area contributed by atoms with Crippen molar-refractivity contribution in [3.8, 4) is 0 Å². The summed E-state index contributed by atoms with van der Waals surface area (Å²) < 4.78 is 5.40. The molecule has 8 heteroatoms. The first-order chi connectivity index (χ1) is 13.0. The molecule has 138 valence electrons. The van der Waals surface area contributed by atoms with Crippen molar-refractivity contribution in [2.45, 2.75) is 19.4 Å². The first-order valence-corrected chi connectivity index (χ1v) is 8.91. The van der Waals surface area contributed by atoms with Crippen molar-refractivity contribution >= 4 is 51.8 Å². The summed E-state index contributed by atoms with van der Waals surface area (Å²) in [5.74, 6) is -1.10. The summed E-state index contributed by atoms with van der Waals surface area (Å²) in [6, 6.07) is 9.72. The molecule has 1 amide bonds. The molecule has 0 fully saturated rings. The normalized spacial score (nSPS) is 11.8. The van der Waals surface area contributed by atoms with E-state index >= 15 is 0 Å². The lowest BCUT2D eigenvalue weighted by atomic mass is 10.1. The molecule has 0 bridgehead atoms. The molecule has 0 aliphatic rings. The number of rotatable bonds is 5. The maximum Gasteiger partial charge on any atom is 0.341 e. The Hall–Kier alpha value is -2.70. The van der Waals surface area contributed by atoms with Crippen molar-refractivity contribution in [1.82, 2.24) is 9.97 Å². The van der Waals surface area contributed by atoms with Gasteiger partial charge in [-0.1, -0.05) is 36.2 Å². The molecule has 3 rings (SSSR count). The number of aromatic nitrogens is 2. The highest BCUT2D eigenvalue weighted by Crippen LogP contribution is 2.25. The van der Waals surface area contributed by atoms with Crippen LogP contribution in [0.25, 0.3) is 11.0 Å². The third kappa shape index (κ3) is 4.35. The predicted molar refractivity (Wildman–Crippen MR) is 104 cm³/mol. The van der Waals surface area contributed by atoms with Gasteiger partial charge in [-0.15, -0.1) is 0 Å². The average Bonchev–Trinajstić information content (AvgIpc) is 2.68. The summed E-state index contributed by atoms with van der Waals surface area (Å²) >= 11 is 11.8. The zero-order valence-corrected chi connectivity index (χ0v) is 15.8. The van der Waals surface area contributed by atoms with Crippen LogP contribution in [0.5, 0.6) is 0 Å². The van der Waals surface area contributed by atoms with Gasteiger partial charge in [-0.3, -0.25) is 14.8 Å². The fraction of sp³-hybridized carbons (Fsp3) is 0.158. The van der Waals surface area contributed by atoms with Crippen LogP contribution in [0, 0.1) is 0 Å². The fourth-order valence-corrected chi connectivity index (χ4v) is 2.77. The summed E-state index contributed by atoms with van der Waals surface area (Å²) in [4.78, 5) is 33.4. The number of benzene rings is 2. The van der Waals surface area contributed by atoms with Gasteiger partial charge in [-0.25, -0.2) is 4.79 Å². The Balaban J connectivity index is 1.76. The number of nitrogens with one attached hydrogen (secondary N) is 1. The van der Waals surface area contributed by atoms with Crippen molar-refractivity contribution in [3.05, 3.63) is 64.4 Å². The Kier molecular flexibility index (Phi) is 5.88. The van der Waals surface area contributed by atoms with Crippen molar-refractivity contribution in [3.63, 3.8) is 0 Å². The van der Waals surface area contributed by atoms with Gasteiger partial charge in [-0.05, 0) is 36.8 Å². The van der Waals surface area contributed by atoms with Crippen LogP contribution in [0.15, 0.2) is 48.8 Å². The molecule has 0 radical (unpaired) electrons. The summed E-state index contributed by atoms with van der Waals surface area (Å²) in [6.45, 7) is 1.75. The number of carbonyl (C=O) groups excluding carboxylic acids is 2. The fourth-order valence-electron chi connectivity index (χ4n) is 2.47. The standard InChI is InChI=1S/C19H15Cl2N3O3/c1-2-16(18(25)24-11-6-7-13(20)14(21)10-11)27-19(26)12-4-3-5-15-17(12)23-9-8-22-15/h3-10,16H,2H2,1H3,(H,24,25). The van der Waals surface area contributed by atoms with Crippen LogP contribution in [0.2, 0.25) is 10.0 Å². The molecule has 1 aromatic heterocycles. The van der Waals surface area contributed by atoms with Crippen molar-refractivity contribution in [2.75, 3.05) is 5.32 Å². The molecule has 0 aliphatic heterocycles. The Morgan fingerprint density at radius 3 is 2.63 bits per heavy atom. The molecule has 1 heterocycles. The highest BCUT2D eigenvalue weighted by atomic mass is 35.5. The van der Waals surface area contributed by atoms with E-state index in [9.17, 15) is 9.59 Å². The zero-order valence-electron chi connectivity index (χ0n) is 14.3. The van der Waals surface area contributed by atoms with Crippen molar-refractivity contribution in [2.24, 2.45) is 0 Å². The van der Waals surface area contributed by atoms with Crippen LogP contribution >= 0.6 is 23.2 Å². The Labute approximate surface area is 165 Å². The number of halogens is 2. The minimum atomic E-state index is -0.973. The highest BCUT2D eigenvalue weighted by molar-refractivity contribution is 6.42. The molecule has 0 spiro atoms. The summed E-state index contributed by atoms with van der Waals surface area (Å²) in [6.07, 6.45) is 2.36. The van der Waals surface area contributed by atoms with Crippen LogP contribution < -0.4 is 5.32 Å². The van der Waals surface area contributed by atoms with Crippen LogP contribution in [0.3, 0.4) is 0 Å². The maximum atomic E-state index is 12.6. The molecule has 1 N–H and O–H groups in total. The van der Waals surface area contributed by atoms with Gasteiger partial charge < -0.3 is 10.1 Å². The zero-order chi connectivity index (χ0) is 19.4. The van der Waals surface area contributed by atoms with Crippen LogP contribution in [0.1, 0.15) is 23.7 Å². The molecule has 0 saturated heterocycles. The van der Waals surface area contributed by atoms with Crippen LogP contribution in [-0.4, -0.2) is 27.9 Å². The summed E-state index contributed by atoms with van der Waals surface area (Å²) in [7, 11) is 0. The lowest BCUT2D eigenvalue weighted by Gasteiger charge is -2.16. The van der Waals surface area contributed by atoms with E-state index < -0.39 is 18.0 Å². The number of hydrogen-bond acceptors (Lipinski definition) is 5. The van der Waals surface area contributed by atoms with E-state index in [0.29, 0.717) is 33.2 Å². The van der Waals surface area contributed by atoms with Gasteiger partial charge in [0.15, 0.2) is 6.10 Å². The van der Waals surface area contributed by atoms with E-state index in [-0.39, 0.29) is 5.56 Å². The van der Waals surface area contributed by atoms with Crippen LogP contribution in [-0.2, 0) is 9.53 Å². The Morgan fingerprint density at radius 2 is 1.89 bits per heavy atom. The maximum absolute atomic E-state index is 12.6. The average molecular weight is 404 g/mol. The summed E-state index contributed by atoms with van der Waals surface area (Å²) in [5.41, 5.74) is 1.70. The van der Waals surface area contributed by atoms with Gasteiger partial charge >= 0.3 is 5.97 Å². The largest absolute Gasteiger partial charge is 0.449 e.